The van der Waals surface area contributed by atoms with Crippen LogP contribution in [0.15, 0.2) is 54.5 Å². The van der Waals surface area contributed by atoms with Crippen LogP contribution in [0.25, 0.3) is 11.1 Å². The Bertz CT molecular complexity index is 595. The quantitative estimate of drug-likeness (QED) is 0.650. The van der Waals surface area contributed by atoms with Gasteiger partial charge in [0.15, 0.2) is 0 Å². The van der Waals surface area contributed by atoms with Crippen LogP contribution in [0, 0.1) is 0 Å². The lowest BCUT2D eigenvalue weighted by molar-refractivity contribution is 1.62. The Morgan fingerprint density at radius 2 is 1.69 bits per heavy atom. The van der Waals surface area contributed by atoms with Gasteiger partial charge in [0.2, 0.25) is 0 Å². The van der Waals surface area contributed by atoms with Crippen LogP contribution in [0.4, 0.5) is 0 Å². The van der Waals surface area contributed by atoms with E-state index in [1.54, 1.807) is 24.3 Å². The molecule has 0 saturated carbocycles. The Kier molecular flexibility index (Phi) is 1.20. The van der Waals surface area contributed by atoms with Crippen LogP contribution in [0.3, 0.4) is 0 Å². The summed E-state index contributed by atoms with van der Waals surface area (Å²) in [4.78, 5) is 0. The largest absolute Gasteiger partial charge is 0.0837 e. The lowest BCUT2D eigenvalue weighted by atomic mass is 10.1. The first-order valence-corrected chi connectivity index (χ1v) is 4.14. The minimum atomic E-state index is -0.402. The molecule has 0 spiro atoms. The maximum absolute atomic E-state index is 7.84. The molecule has 0 heterocycles. The van der Waals surface area contributed by atoms with E-state index >= 15 is 0 Å². The van der Waals surface area contributed by atoms with E-state index in [0.717, 1.165) is 0 Å². The highest BCUT2D eigenvalue weighted by molar-refractivity contribution is 6.33. The second-order valence-electron chi connectivity index (χ2n) is 2.48. The summed E-state index contributed by atoms with van der Waals surface area (Å²) in [5, 5.41) is 0.357. The molecule has 13 heavy (non-hydrogen) atoms. The molecule has 1 heteroatoms. The van der Waals surface area contributed by atoms with Gasteiger partial charge in [-0.15, -0.1) is 0 Å². The third-order valence-corrected chi connectivity index (χ3v) is 1.97. The summed E-state index contributed by atoms with van der Waals surface area (Å²) in [5.74, 6) is 0. The molecule has 2 rings (SSSR count). The average Bonchev–Trinajstić information content (AvgIpc) is 2.36. The van der Waals surface area contributed by atoms with Crippen LogP contribution in [0.1, 0.15) is 6.85 Å². The van der Waals surface area contributed by atoms with Gasteiger partial charge in [0.05, 0.1) is 6.85 Å². The molecule has 2 aromatic rings. The third kappa shape index (κ3) is 1.73. The molecular weight excluding hydrogens is 180 g/mol. The van der Waals surface area contributed by atoms with E-state index in [1.165, 1.54) is 0 Å². The summed E-state index contributed by atoms with van der Waals surface area (Å²) in [5.41, 5.74) is 0.572. The lowest BCUT2D eigenvalue weighted by Crippen LogP contribution is -1.77. The lowest BCUT2D eigenvalue weighted by Gasteiger charge is -2.02. The molecule has 0 nitrogen and oxygen atoms in total. The molecular formula is C12H9Cl. The van der Waals surface area contributed by atoms with Crippen LogP contribution in [-0.4, -0.2) is 0 Å². The Balaban J connectivity index is 2.85. The van der Waals surface area contributed by atoms with Crippen molar-refractivity contribution in [2.45, 2.75) is 0 Å². The van der Waals surface area contributed by atoms with Gasteiger partial charge in [-0.05, 0) is 11.6 Å². The zero-order valence-electron chi connectivity index (χ0n) is 11.7. The Morgan fingerprint density at radius 3 is 2.38 bits per heavy atom. The van der Waals surface area contributed by atoms with E-state index in [1.807, 2.05) is 0 Å². The molecule has 0 aromatic heterocycles. The summed E-state index contributed by atoms with van der Waals surface area (Å²) < 4.78 is 38.4. The Hall–Kier alpha value is -1.27. The third-order valence-electron chi connectivity index (χ3n) is 1.64. The molecule has 2 aromatic carbocycles. The number of hydrogen-bond acceptors (Lipinski definition) is 0. The van der Waals surface area contributed by atoms with Crippen molar-refractivity contribution in [2.24, 2.45) is 0 Å². The van der Waals surface area contributed by atoms with Crippen LogP contribution >= 0.6 is 11.6 Å². The zero-order chi connectivity index (χ0) is 13.4. The van der Waals surface area contributed by atoms with Gasteiger partial charge in [-0.3, -0.25) is 0 Å². The molecule has 64 valence electrons. The van der Waals surface area contributed by atoms with Crippen molar-refractivity contribution >= 4 is 11.6 Å². The first kappa shape index (κ1) is 4.30. The van der Waals surface area contributed by atoms with E-state index in [2.05, 4.69) is 0 Å². The predicted molar refractivity (Wildman–Crippen MR) is 56.9 cm³/mol. The molecule has 0 aliphatic rings. The van der Waals surface area contributed by atoms with Gasteiger partial charge in [0.1, 0.15) is 0 Å². The fourth-order valence-corrected chi connectivity index (χ4v) is 1.28. The van der Waals surface area contributed by atoms with Crippen molar-refractivity contribution in [1.29, 1.82) is 0 Å². The molecule has 0 unspecified atom stereocenters. The minimum Gasteiger partial charge on any atom is -0.0837 e. The van der Waals surface area contributed by atoms with Crippen molar-refractivity contribution in [3.05, 3.63) is 59.5 Å². The second kappa shape index (κ2) is 3.63. The highest BCUT2D eigenvalue weighted by Crippen LogP contribution is 2.26. The summed E-state index contributed by atoms with van der Waals surface area (Å²) in [6.07, 6.45) is 0. The second-order valence-corrected chi connectivity index (χ2v) is 2.89. The fourth-order valence-electron chi connectivity index (χ4n) is 1.05. The SMILES string of the molecule is [3H]c1c([3H])c([3H])c(-c2ccccc2Cl)c([3H])c1[3H]. The summed E-state index contributed by atoms with van der Waals surface area (Å²) in [7, 11) is 0. The molecule has 0 amide bonds. The summed E-state index contributed by atoms with van der Waals surface area (Å²) >= 11 is 6.01. The summed E-state index contributed by atoms with van der Waals surface area (Å²) in [6, 6.07) is 5.09. The van der Waals surface area contributed by atoms with E-state index in [4.69, 9.17) is 18.5 Å². The van der Waals surface area contributed by atoms with Gasteiger partial charge < -0.3 is 0 Å². The first-order valence-electron chi connectivity index (χ1n) is 6.27. The van der Waals surface area contributed by atoms with Gasteiger partial charge in [0.25, 0.3) is 0 Å². The minimum absolute atomic E-state index is 0.131. The van der Waals surface area contributed by atoms with Gasteiger partial charge in [-0.1, -0.05) is 60.0 Å². The van der Waals surface area contributed by atoms with Crippen molar-refractivity contribution in [2.75, 3.05) is 0 Å². The monoisotopic (exact) mass is 198 g/mol. The van der Waals surface area contributed by atoms with Crippen LogP contribution < -0.4 is 0 Å². The molecule has 0 atom stereocenters. The number of halogens is 1. The van der Waals surface area contributed by atoms with E-state index in [0.29, 0.717) is 10.6 Å². The van der Waals surface area contributed by atoms with Crippen molar-refractivity contribution in [1.82, 2.24) is 0 Å². The Labute approximate surface area is 89.8 Å². The molecule has 0 radical (unpaired) electrons. The van der Waals surface area contributed by atoms with Crippen molar-refractivity contribution in [3.8, 4) is 11.1 Å². The van der Waals surface area contributed by atoms with Crippen LogP contribution in [-0.2, 0) is 0 Å². The van der Waals surface area contributed by atoms with Crippen molar-refractivity contribution in [3.63, 3.8) is 0 Å². The molecule has 0 aliphatic carbocycles. The van der Waals surface area contributed by atoms with Gasteiger partial charge in [-0.2, -0.15) is 0 Å². The van der Waals surface area contributed by atoms with E-state index in [9.17, 15) is 0 Å². The number of hydrogen-bond donors (Lipinski definition) is 0. The van der Waals surface area contributed by atoms with E-state index in [-0.39, 0.29) is 29.7 Å². The molecule has 0 aliphatic heterocycles. The highest BCUT2D eigenvalue weighted by atomic mass is 35.5. The highest BCUT2D eigenvalue weighted by Gasteiger charge is 1.99. The van der Waals surface area contributed by atoms with Crippen molar-refractivity contribution < 1.29 is 6.85 Å². The van der Waals surface area contributed by atoms with Gasteiger partial charge in [0, 0.05) is 10.6 Å². The van der Waals surface area contributed by atoms with Gasteiger partial charge in [-0.25, -0.2) is 0 Å². The Morgan fingerprint density at radius 1 is 1.00 bits per heavy atom. The average molecular weight is 199 g/mol. The standard InChI is InChI=1S/C12H9Cl/c13-12-9-5-4-8-11(12)10-6-2-1-3-7-10/h1-9H/i1T,2T,3T,6T,7T. The van der Waals surface area contributed by atoms with E-state index < -0.39 is 6.04 Å². The molecule has 0 saturated heterocycles. The van der Waals surface area contributed by atoms with Crippen LogP contribution in [0.5, 0.6) is 0 Å². The number of rotatable bonds is 1. The predicted octanol–water partition coefficient (Wildman–Crippen LogP) is 4.01. The summed E-state index contributed by atoms with van der Waals surface area (Å²) in [6.45, 7) is 0. The number of benzene rings is 2. The van der Waals surface area contributed by atoms with Crippen LogP contribution in [0.2, 0.25) is 5.02 Å². The molecule has 0 N–H and O–H groups in total. The zero-order valence-corrected chi connectivity index (χ0v) is 7.44. The fraction of sp³-hybridized carbons (Fsp3) is 0. The molecule has 0 bridgehead atoms. The smallest absolute Gasteiger partial charge is 0.0629 e. The molecule has 0 fully saturated rings. The maximum Gasteiger partial charge on any atom is 0.0629 e. The topological polar surface area (TPSA) is 0 Å². The van der Waals surface area contributed by atoms with Gasteiger partial charge >= 0.3 is 0 Å². The normalized spacial score (nSPS) is 15.3. The first-order chi connectivity index (χ1) is 8.45. The maximum atomic E-state index is 7.84.